The Kier molecular flexibility index (Phi) is 6.22. The third kappa shape index (κ3) is 4.49. The van der Waals surface area contributed by atoms with Crippen molar-refractivity contribution in [2.24, 2.45) is 0 Å². The smallest absolute Gasteiger partial charge is 0.336 e. The number of carbonyl (C=O) groups excluding carboxylic acids is 1. The van der Waals surface area contributed by atoms with Crippen LogP contribution in [0.3, 0.4) is 0 Å². The van der Waals surface area contributed by atoms with Crippen LogP contribution in [0, 0.1) is 0 Å². The number of anilines is 1. The molecular weight excluding hydrogens is 406 g/mol. The normalized spacial score (nSPS) is 10.7. The van der Waals surface area contributed by atoms with Crippen LogP contribution in [0.15, 0.2) is 82.0 Å². The van der Waals surface area contributed by atoms with Crippen LogP contribution >= 0.6 is 0 Å². The average molecular weight is 429 g/mol. The zero-order valence-electron chi connectivity index (χ0n) is 17.9. The number of hydrogen-bond donors (Lipinski definition) is 1. The van der Waals surface area contributed by atoms with Gasteiger partial charge < -0.3 is 19.2 Å². The zero-order valence-corrected chi connectivity index (χ0v) is 17.9. The van der Waals surface area contributed by atoms with Crippen molar-refractivity contribution < 1.29 is 18.7 Å². The Balaban J connectivity index is 1.64. The number of benzene rings is 3. The highest BCUT2D eigenvalue weighted by molar-refractivity contribution is 5.95. The summed E-state index contributed by atoms with van der Waals surface area (Å²) >= 11 is 0. The summed E-state index contributed by atoms with van der Waals surface area (Å²) < 4.78 is 16.2. The van der Waals surface area contributed by atoms with E-state index in [4.69, 9.17) is 13.9 Å². The Morgan fingerprint density at radius 2 is 1.62 bits per heavy atom. The molecular formula is C26H23NO5. The van der Waals surface area contributed by atoms with Gasteiger partial charge in [-0.2, -0.15) is 0 Å². The van der Waals surface area contributed by atoms with E-state index in [1.165, 1.54) is 6.07 Å². The van der Waals surface area contributed by atoms with Crippen molar-refractivity contribution in [1.82, 2.24) is 0 Å². The van der Waals surface area contributed by atoms with Gasteiger partial charge in [-0.15, -0.1) is 0 Å². The molecule has 0 bridgehead atoms. The molecule has 0 saturated carbocycles. The van der Waals surface area contributed by atoms with Crippen LogP contribution in [0.25, 0.3) is 22.1 Å². The fourth-order valence-electron chi connectivity index (χ4n) is 3.69. The molecule has 1 amide bonds. The molecule has 162 valence electrons. The van der Waals surface area contributed by atoms with Crippen molar-refractivity contribution in [2.45, 2.75) is 12.8 Å². The lowest BCUT2D eigenvalue weighted by molar-refractivity contribution is -0.116. The summed E-state index contributed by atoms with van der Waals surface area (Å²) in [6.07, 6.45) is 0.699. The molecule has 0 fully saturated rings. The molecule has 3 aromatic carbocycles. The monoisotopic (exact) mass is 429 g/mol. The van der Waals surface area contributed by atoms with Crippen molar-refractivity contribution in [3.8, 4) is 22.6 Å². The standard InChI is InChI=1S/C26H23NO5/c1-30-22-11-7-6-10-21(22)27-25(28)13-12-18-14-20-19(17-8-4-3-5-9-17)15-26(29)32-24(20)16-23(18)31-2/h3-11,14-16H,12-13H2,1-2H3,(H,27,28). The first kappa shape index (κ1) is 21.2. The molecule has 1 N–H and O–H groups in total. The molecule has 1 heterocycles. The van der Waals surface area contributed by atoms with Crippen LogP contribution in [-0.2, 0) is 11.2 Å². The van der Waals surface area contributed by atoms with Gasteiger partial charge in [0.25, 0.3) is 0 Å². The molecule has 0 spiro atoms. The number of amides is 1. The number of methoxy groups -OCH3 is 2. The van der Waals surface area contributed by atoms with Gasteiger partial charge in [0.05, 0.1) is 19.9 Å². The number of para-hydroxylation sites is 2. The van der Waals surface area contributed by atoms with Crippen LogP contribution in [0.1, 0.15) is 12.0 Å². The third-order valence-corrected chi connectivity index (χ3v) is 5.23. The van der Waals surface area contributed by atoms with Crippen LogP contribution in [0.4, 0.5) is 5.69 Å². The highest BCUT2D eigenvalue weighted by atomic mass is 16.5. The van der Waals surface area contributed by atoms with Gasteiger partial charge in [0.15, 0.2) is 0 Å². The van der Waals surface area contributed by atoms with E-state index in [9.17, 15) is 9.59 Å². The van der Waals surface area contributed by atoms with E-state index >= 15 is 0 Å². The highest BCUT2D eigenvalue weighted by Crippen LogP contribution is 2.33. The minimum Gasteiger partial charge on any atom is -0.496 e. The fraction of sp³-hybridized carbons (Fsp3) is 0.154. The zero-order chi connectivity index (χ0) is 22.5. The summed E-state index contributed by atoms with van der Waals surface area (Å²) in [4.78, 5) is 24.7. The molecule has 32 heavy (non-hydrogen) atoms. The summed E-state index contributed by atoms with van der Waals surface area (Å²) in [5.74, 6) is 1.03. The van der Waals surface area contributed by atoms with Crippen molar-refractivity contribution in [3.63, 3.8) is 0 Å². The van der Waals surface area contributed by atoms with E-state index in [-0.39, 0.29) is 12.3 Å². The van der Waals surface area contributed by atoms with Crippen molar-refractivity contribution in [1.29, 1.82) is 0 Å². The molecule has 0 aliphatic rings. The SMILES string of the molecule is COc1cc2oc(=O)cc(-c3ccccc3)c2cc1CCC(=O)Nc1ccccc1OC. The lowest BCUT2D eigenvalue weighted by atomic mass is 9.98. The average Bonchev–Trinajstić information content (AvgIpc) is 2.82. The van der Waals surface area contributed by atoms with Crippen molar-refractivity contribution in [2.75, 3.05) is 19.5 Å². The van der Waals surface area contributed by atoms with Gasteiger partial charge in [-0.1, -0.05) is 42.5 Å². The van der Waals surface area contributed by atoms with E-state index < -0.39 is 5.63 Å². The molecule has 0 unspecified atom stereocenters. The van der Waals surface area contributed by atoms with Gasteiger partial charge in [-0.3, -0.25) is 4.79 Å². The van der Waals surface area contributed by atoms with Crippen molar-refractivity contribution in [3.05, 3.63) is 88.8 Å². The molecule has 1 aromatic heterocycles. The van der Waals surface area contributed by atoms with Crippen LogP contribution in [-0.4, -0.2) is 20.1 Å². The Morgan fingerprint density at radius 3 is 2.38 bits per heavy atom. The Labute approximate surface area is 185 Å². The quantitative estimate of drug-likeness (QED) is 0.416. The number of hydrogen-bond acceptors (Lipinski definition) is 5. The van der Waals surface area contributed by atoms with E-state index in [2.05, 4.69) is 5.32 Å². The number of nitrogens with one attached hydrogen (secondary N) is 1. The lowest BCUT2D eigenvalue weighted by Crippen LogP contribution is -2.13. The topological polar surface area (TPSA) is 77.8 Å². The van der Waals surface area contributed by atoms with Crippen LogP contribution in [0.2, 0.25) is 0 Å². The maximum atomic E-state index is 12.6. The van der Waals surface area contributed by atoms with Crippen LogP contribution < -0.4 is 20.4 Å². The predicted octanol–water partition coefficient (Wildman–Crippen LogP) is 5.05. The predicted molar refractivity (Wildman–Crippen MR) is 124 cm³/mol. The Bertz CT molecular complexity index is 1310. The van der Waals surface area contributed by atoms with Gasteiger partial charge in [-0.25, -0.2) is 4.79 Å². The number of aryl methyl sites for hydroxylation is 1. The highest BCUT2D eigenvalue weighted by Gasteiger charge is 2.15. The molecule has 4 aromatic rings. The minimum absolute atomic E-state index is 0.139. The third-order valence-electron chi connectivity index (χ3n) is 5.23. The second kappa shape index (κ2) is 9.39. The van der Waals surface area contributed by atoms with Gasteiger partial charge in [0, 0.05) is 23.9 Å². The maximum absolute atomic E-state index is 12.6. The molecule has 4 rings (SSSR count). The van der Waals surface area contributed by atoms with Gasteiger partial charge in [0.1, 0.15) is 17.1 Å². The number of carbonyl (C=O) groups is 1. The summed E-state index contributed by atoms with van der Waals surface area (Å²) in [6, 6.07) is 22.0. The lowest BCUT2D eigenvalue weighted by Gasteiger charge is -2.13. The van der Waals surface area contributed by atoms with Crippen molar-refractivity contribution >= 4 is 22.6 Å². The molecule has 0 atom stereocenters. The molecule has 6 heteroatoms. The molecule has 0 radical (unpaired) electrons. The summed E-state index contributed by atoms with van der Waals surface area (Å²) in [7, 11) is 3.12. The number of fused-ring (bicyclic) bond motifs is 1. The van der Waals surface area contributed by atoms with Gasteiger partial charge in [-0.05, 0) is 41.3 Å². The summed E-state index contributed by atoms with van der Waals surface area (Å²) in [6.45, 7) is 0. The largest absolute Gasteiger partial charge is 0.496 e. The second-order valence-corrected chi connectivity index (χ2v) is 7.25. The van der Waals surface area contributed by atoms with E-state index in [0.29, 0.717) is 29.2 Å². The molecule has 0 aliphatic heterocycles. The first-order valence-electron chi connectivity index (χ1n) is 10.2. The molecule has 0 saturated heterocycles. The number of ether oxygens (including phenoxy) is 2. The maximum Gasteiger partial charge on any atom is 0.336 e. The number of rotatable bonds is 7. The molecule has 0 aliphatic carbocycles. The molecule has 6 nitrogen and oxygen atoms in total. The van der Waals surface area contributed by atoms with Gasteiger partial charge in [0.2, 0.25) is 5.91 Å². The minimum atomic E-state index is -0.428. The first-order chi connectivity index (χ1) is 15.6. The summed E-state index contributed by atoms with van der Waals surface area (Å²) in [5, 5.41) is 3.68. The van der Waals surface area contributed by atoms with E-state index in [0.717, 1.165) is 22.1 Å². The van der Waals surface area contributed by atoms with E-state index in [1.807, 2.05) is 48.5 Å². The van der Waals surface area contributed by atoms with E-state index in [1.54, 1.807) is 32.4 Å². The second-order valence-electron chi connectivity index (χ2n) is 7.25. The first-order valence-corrected chi connectivity index (χ1v) is 10.2. The fourth-order valence-corrected chi connectivity index (χ4v) is 3.69. The van der Waals surface area contributed by atoms with Crippen LogP contribution in [0.5, 0.6) is 11.5 Å². The van der Waals surface area contributed by atoms with Gasteiger partial charge >= 0.3 is 5.63 Å². The Hall–Kier alpha value is -4.06. The summed E-state index contributed by atoms with van der Waals surface area (Å²) in [5.41, 5.74) is 3.17. The Morgan fingerprint density at radius 1 is 0.906 bits per heavy atom.